The highest BCUT2D eigenvalue weighted by Gasteiger charge is 2.24. The topological polar surface area (TPSA) is 64.3 Å². The van der Waals surface area contributed by atoms with E-state index >= 15 is 0 Å². The van der Waals surface area contributed by atoms with Gasteiger partial charge in [0, 0.05) is 19.1 Å². The average molecular weight is 468 g/mol. The van der Waals surface area contributed by atoms with E-state index in [9.17, 15) is 14.4 Å². The summed E-state index contributed by atoms with van der Waals surface area (Å²) in [5, 5.41) is 0.886. The maximum atomic E-state index is 13.6. The lowest BCUT2D eigenvalue weighted by molar-refractivity contribution is 0.0831. The number of carbonyl (C=O) groups is 1. The summed E-state index contributed by atoms with van der Waals surface area (Å²) in [6.45, 7) is 4.02. The fourth-order valence-corrected chi connectivity index (χ4v) is 5.11. The molecule has 2 heterocycles. The van der Waals surface area contributed by atoms with Gasteiger partial charge in [0.2, 0.25) is 0 Å². The monoisotopic (exact) mass is 467 g/mol. The zero-order chi connectivity index (χ0) is 23.2. The molecule has 8 heteroatoms. The largest absolute Gasteiger partial charge is 0.344 e. The number of thiophene rings is 1. The van der Waals surface area contributed by atoms with Gasteiger partial charge < -0.3 is 4.90 Å². The molecule has 0 spiro atoms. The Balaban J connectivity index is 2.09. The number of aryl methyl sites for hydroxylation is 2. The lowest BCUT2D eigenvalue weighted by atomic mass is 10.1. The predicted molar refractivity (Wildman–Crippen MR) is 130 cm³/mol. The van der Waals surface area contributed by atoms with E-state index in [1.807, 2.05) is 31.2 Å². The van der Waals surface area contributed by atoms with Gasteiger partial charge in [0.25, 0.3) is 11.5 Å². The second kappa shape index (κ2) is 8.41. The molecule has 32 heavy (non-hydrogen) atoms. The average Bonchev–Trinajstić information content (AvgIpc) is 3.10. The molecule has 0 saturated carbocycles. The van der Waals surface area contributed by atoms with Crippen molar-refractivity contribution >= 4 is 39.1 Å². The van der Waals surface area contributed by atoms with Gasteiger partial charge in [0.1, 0.15) is 4.83 Å². The minimum Gasteiger partial charge on any atom is -0.344 e. The van der Waals surface area contributed by atoms with Crippen molar-refractivity contribution in [3.8, 4) is 5.69 Å². The van der Waals surface area contributed by atoms with Crippen LogP contribution in [-0.4, -0.2) is 34.0 Å². The van der Waals surface area contributed by atoms with Gasteiger partial charge in [-0.2, -0.15) is 0 Å². The number of hydrogen-bond acceptors (Lipinski definition) is 4. The molecule has 0 N–H and O–H groups in total. The van der Waals surface area contributed by atoms with Crippen LogP contribution >= 0.6 is 22.9 Å². The van der Waals surface area contributed by atoms with Crippen LogP contribution in [0.4, 0.5) is 0 Å². The van der Waals surface area contributed by atoms with Crippen molar-refractivity contribution < 1.29 is 4.79 Å². The molecule has 164 valence electrons. The number of aromatic nitrogens is 2. The Morgan fingerprint density at radius 2 is 1.69 bits per heavy atom. The highest BCUT2D eigenvalue weighted by Crippen LogP contribution is 2.29. The van der Waals surface area contributed by atoms with Gasteiger partial charge in [0.05, 0.1) is 22.5 Å². The summed E-state index contributed by atoms with van der Waals surface area (Å²) in [4.78, 5) is 42.4. The van der Waals surface area contributed by atoms with Gasteiger partial charge in [-0.05, 0) is 54.8 Å². The van der Waals surface area contributed by atoms with E-state index in [4.69, 9.17) is 11.6 Å². The van der Waals surface area contributed by atoms with Crippen LogP contribution in [0.1, 0.15) is 26.4 Å². The third-order valence-electron chi connectivity index (χ3n) is 5.49. The molecule has 0 saturated heterocycles. The molecule has 0 atom stereocenters. The van der Waals surface area contributed by atoms with E-state index in [-0.39, 0.29) is 12.5 Å². The van der Waals surface area contributed by atoms with Crippen LogP contribution in [0.5, 0.6) is 0 Å². The van der Waals surface area contributed by atoms with Crippen LogP contribution in [0.2, 0.25) is 5.02 Å². The number of benzene rings is 2. The smallest absolute Gasteiger partial charge is 0.337 e. The molecule has 0 aliphatic rings. The van der Waals surface area contributed by atoms with Crippen molar-refractivity contribution in [2.45, 2.75) is 20.4 Å². The van der Waals surface area contributed by atoms with Crippen molar-refractivity contribution in [1.29, 1.82) is 0 Å². The molecule has 0 unspecified atom stereocenters. The molecule has 1 amide bonds. The first-order valence-corrected chi connectivity index (χ1v) is 11.2. The van der Waals surface area contributed by atoms with Crippen molar-refractivity contribution in [3.63, 3.8) is 0 Å². The number of amides is 1. The van der Waals surface area contributed by atoms with E-state index in [2.05, 4.69) is 0 Å². The fraction of sp³-hybridized carbons (Fsp3) is 0.208. The summed E-state index contributed by atoms with van der Waals surface area (Å²) in [6, 6.07) is 14.4. The molecule has 2 aromatic carbocycles. The molecule has 0 radical (unpaired) electrons. The van der Waals surface area contributed by atoms with E-state index in [0.717, 1.165) is 15.7 Å². The normalized spacial score (nSPS) is 11.2. The van der Waals surface area contributed by atoms with Gasteiger partial charge in [-0.1, -0.05) is 35.9 Å². The predicted octanol–water partition coefficient (Wildman–Crippen LogP) is 4.23. The Hall–Kier alpha value is -3.16. The summed E-state index contributed by atoms with van der Waals surface area (Å²) in [6.07, 6.45) is 0. The van der Waals surface area contributed by atoms with E-state index < -0.39 is 11.2 Å². The van der Waals surface area contributed by atoms with Gasteiger partial charge in [-0.25, -0.2) is 9.36 Å². The first-order valence-electron chi connectivity index (χ1n) is 10.0. The highest BCUT2D eigenvalue weighted by atomic mass is 35.5. The number of rotatable bonds is 4. The molecule has 0 fully saturated rings. The lowest BCUT2D eigenvalue weighted by Gasteiger charge is -2.13. The molecule has 2 aromatic heterocycles. The molecule has 4 aromatic rings. The van der Waals surface area contributed by atoms with Gasteiger partial charge in [0.15, 0.2) is 0 Å². The quantitative estimate of drug-likeness (QED) is 0.451. The molecule has 0 aliphatic heterocycles. The first kappa shape index (κ1) is 22.0. The standard InChI is InChI=1S/C24H22ClN3O3S/c1-14-7-5-6-8-16(14)13-27-23-19(15(2)20(32-23)22(30)26(3)4)21(29)28(24(27)31)18-11-9-17(25)10-12-18/h5-12H,13H2,1-4H3. The maximum Gasteiger partial charge on any atom is 0.337 e. The summed E-state index contributed by atoms with van der Waals surface area (Å²) in [7, 11) is 3.33. The SMILES string of the molecule is Cc1ccccc1Cn1c(=O)n(-c2ccc(Cl)cc2)c(=O)c2c(C)c(C(=O)N(C)C)sc21. The number of halogens is 1. The van der Waals surface area contributed by atoms with Crippen LogP contribution in [0, 0.1) is 13.8 Å². The van der Waals surface area contributed by atoms with E-state index in [0.29, 0.717) is 31.4 Å². The summed E-state index contributed by atoms with van der Waals surface area (Å²) >= 11 is 7.20. The third kappa shape index (κ3) is 3.67. The van der Waals surface area contributed by atoms with Crippen molar-refractivity contribution in [1.82, 2.24) is 14.0 Å². The van der Waals surface area contributed by atoms with Crippen LogP contribution in [-0.2, 0) is 6.54 Å². The number of hydrogen-bond donors (Lipinski definition) is 0. The van der Waals surface area contributed by atoms with Crippen LogP contribution in [0.3, 0.4) is 0 Å². The zero-order valence-electron chi connectivity index (χ0n) is 18.2. The molecular weight excluding hydrogens is 446 g/mol. The van der Waals surface area contributed by atoms with E-state index in [1.165, 1.54) is 16.2 Å². The maximum absolute atomic E-state index is 13.6. The Bertz CT molecular complexity index is 1460. The lowest BCUT2D eigenvalue weighted by Crippen LogP contribution is -2.39. The van der Waals surface area contributed by atoms with Gasteiger partial charge in [-0.3, -0.25) is 14.2 Å². The Morgan fingerprint density at radius 1 is 1.03 bits per heavy atom. The number of fused-ring (bicyclic) bond motifs is 1. The van der Waals surface area contributed by atoms with E-state index in [1.54, 1.807) is 49.9 Å². The summed E-state index contributed by atoms with van der Waals surface area (Å²) in [5.74, 6) is -0.198. The fourth-order valence-electron chi connectivity index (χ4n) is 3.67. The van der Waals surface area contributed by atoms with Crippen LogP contribution in [0.25, 0.3) is 15.9 Å². The Kier molecular flexibility index (Phi) is 5.79. The van der Waals surface area contributed by atoms with Crippen molar-refractivity contribution in [2.75, 3.05) is 14.1 Å². The molecule has 6 nitrogen and oxygen atoms in total. The van der Waals surface area contributed by atoms with Crippen LogP contribution < -0.4 is 11.2 Å². The van der Waals surface area contributed by atoms with Gasteiger partial charge >= 0.3 is 5.69 Å². The third-order valence-corrected chi connectivity index (χ3v) is 7.04. The summed E-state index contributed by atoms with van der Waals surface area (Å²) < 4.78 is 2.73. The first-order chi connectivity index (χ1) is 15.2. The van der Waals surface area contributed by atoms with Gasteiger partial charge in [-0.15, -0.1) is 11.3 Å². The zero-order valence-corrected chi connectivity index (χ0v) is 19.8. The molecule has 0 bridgehead atoms. The Morgan fingerprint density at radius 3 is 2.31 bits per heavy atom. The van der Waals surface area contributed by atoms with Crippen molar-refractivity contribution in [2.24, 2.45) is 0 Å². The van der Waals surface area contributed by atoms with Crippen molar-refractivity contribution in [3.05, 3.63) is 96.0 Å². The second-order valence-electron chi connectivity index (χ2n) is 7.85. The second-order valence-corrected chi connectivity index (χ2v) is 9.28. The highest BCUT2D eigenvalue weighted by molar-refractivity contribution is 7.20. The summed E-state index contributed by atoms with van der Waals surface area (Å²) in [5.41, 5.74) is 2.10. The molecule has 4 rings (SSSR count). The minimum absolute atomic E-state index is 0.198. The minimum atomic E-state index is -0.460. The number of carbonyl (C=O) groups excluding carboxylic acids is 1. The molecule has 0 aliphatic carbocycles. The van der Waals surface area contributed by atoms with Crippen LogP contribution in [0.15, 0.2) is 58.1 Å². The number of nitrogens with zero attached hydrogens (tertiary/aromatic N) is 3. The molecular formula is C24H22ClN3O3S. The Labute approximate surface area is 193 Å².